The average Bonchev–Trinajstić information content (AvgIpc) is 2.99. The van der Waals surface area contributed by atoms with Crippen LogP contribution in [0.15, 0.2) is 42.6 Å². The van der Waals surface area contributed by atoms with Crippen LogP contribution in [0, 0.1) is 5.82 Å². The average molecular weight is 314 g/mol. The summed E-state index contributed by atoms with van der Waals surface area (Å²) in [6.07, 6.45) is 2.65. The second-order valence-electron chi connectivity index (χ2n) is 5.15. The molecular weight excluding hydrogens is 295 g/mol. The van der Waals surface area contributed by atoms with E-state index in [1.807, 2.05) is 12.1 Å². The van der Waals surface area contributed by atoms with Gasteiger partial charge in [0, 0.05) is 11.6 Å². The molecule has 0 fully saturated rings. The van der Waals surface area contributed by atoms with Crippen LogP contribution in [-0.4, -0.2) is 34.3 Å². The van der Waals surface area contributed by atoms with Crippen molar-refractivity contribution in [3.63, 3.8) is 0 Å². The third-order valence-corrected chi connectivity index (χ3v) is 3.48. The predicted octanol–water partition coefficient (Wildman–Crippen LogP) is 2.91. The number of ether oxygens (including phenoxy) is 1. The molecule has 120 valence electrons. The molecule has 0 atom stereocenters. The van der Waals surface area contributed by atoms with Crippen LogP contribution >= 0.6 is 0 Å². The van der Waals surface area contributed by atoms with Crippen LogP contribution in [-0.2, 0) is 0 Å². The van der Waals surface area contributed by atoms with Gasteiger partial charge in [0.2, 0.25) is 5.88 Å². The van der Waals surface area contributed by atoms with Crippen LogP contribution in [0.3, 0.4) is 0 Å². The number of fused-ring (bicyclic) bond motifs is 1. The van der Waals surface area contributed by atoms with Gasteiger partial charge in [-0.15, -0.1) is 5.10 Å². The lowest BCUT2D eigenvalue weighted by atomic mass is 10.2. The van der Waals surface area contributed by atoms with Gasteiger partial charge in [-0.3, -0.25) is 0 Å². The van der Waals surface area contributed by atoms with Crippen molar-refractivity contribution in [2.75, 3.05) is 19.7 Å². The van der Waals surface area contributed by atoms with Crippen LogP contribution in [0.25, 0.3) is 16.9 Å². The summed E-state index contributed by atoms with van der Waals surface area (Å²) in [5.74, 6) is 0.288. The maximum atomic E-state index is 13.1. The van der Waals surface area contributed by atoms with E-state index in [-0.39, 0.29) is 5.82 Å². The van der Waals surface area contributed by atoms with Gasteiger partial charge < -0.3 is 10.1 Å². The van der Waals surface area contributed by atoms with Gasteiger partial charge in [0.05, 0.1) is 18.5 Å². The van der Waals surface area contributed by atoms with E-state index in [4.69, 9.17) is 4.74 Å². The molecule has 0 aliphatic rings. The molecule has 23 heavy (non-hydrogen) atoms. The summed E-state index contributed by atoms with van der Waals surface area (Å²) in [5, 5.41) is 7.72. The SMILES string of the molecule is CCNCCCOc1ccc2ncc(-c3ccc(F)cc3)n2n1. The first-order valence-corrected chi connectivity index (χ1v) is 7.72. The molecule has 2 aromatic heterocycles. The van der Waals surface area contributed by atoms with Crippen molar-refractivity contribution >= 4 is 5.65 Å². The molecule has 0 saturated heterocycles. The Hall–Kier alpha value is -2.47. The summed E-state index contributed by atoms with van der Waals surface area (Å²) >= 11 is 0. The zero-order chi connectivity index (χ0) is 16.1. The van der Waals surface area contributed by atoms with E-state index in [0.29, 0.717) is 12.5 Å². The van der Waals surface area contributed by atoms with Gasteiger partial charge in [-0.1, -0.05) is 6.92 Å². The highest BCUT2D eigenvalue weighted by Gasteiger charge is 2.08. The van der Waals surface area contributed by atoms with Crippen molar-refractivity contribution in [2.45, 2.75) is 13.3 Å². The van der Waals surface area contributed by atoms with Gasteiger partial charge >= 0.3 is 0 Å². The fourth-order valence-electron chi connectivity index (χ4n) is 2.30. The molecule has 0 bridgehead atoms. The van der Waals surface area contributed by atoms with Gasteiger partial charge in [-0.05, 0) is 49.8 Å². The number of hydrogen-bond acceptors (Lipinski definition) is 4. The lowest BCUT2D eigenvalue weighted by molar-refractivity contribution is 0.293. The molecule has 0 spiro atoms. The maximum absolute atomic E-state index is 13.1. The minimum Gasteiger partial charge on any atom is -0.477 e. The lowest BCUT2D eigenvalue weighted by Crippen LogP contribution is -2.16. The van der Waals surface area contributed by atoms with E-state index >= 15 is 0 Å². The van der Waals surface area contributed by atoms with Gasteiger partial charge in [0.25, 0.3) is 0 Å². The fraction of sp³-hybridized carbons (Fsp3) is 0.294. The molecule has 1 aromatic carbocycles. The number of nitrogens with zero attached hydrogens (tertiary/aromatic N) is 3. The molecule has 1 N–H and O–H groups in total. The summed E-state index contributed by atoms with van der Waals surface area (Å²) in [6, 6.07) is 9.95. The van der Waals surface area contributed by atoms with Crippen molar-refractivity contribution in [1.82, 2.24) is 19.9 Å². The minimum absolute atomic E-state index is 0.264. The maximum Gasteiger partial charge on any atom is 0.231 e. The van der Waals surface area contributed by atoms with Crippen LogP contribution in [0.1, 0.15) is 13.3 Å². The number of nitrogens with one attached hydrogen (secondary N) is 1. The number of aromatic nitrogens is 3. The highest BCUT2D eigenvalue weighted by molar-refractivity contribution is 5.62. The van der Waals surface area contributed by atoms with E-state index in [9.17, 15) is 4.39 Å². The Morgan fingerprint density at radius 2 is 2.00 bits per heavy atom. The number of rotatable bonds is 7. The Kier molecular flexibility index (Phi) is 4.83. The second-order valence-corrected chi connectivity index (χ2v) is 5.15. The van der Waals surface area contributed by atoms with Crippen LogP contribution in [0.5, 0.6) is 5.88 Å². The second kappa shape index (κ2) is 7.19. The van der Waals surface area contributed by atoms with Crippen LogP contribution < -0.4 is 10.1 Å². The highest BCUT2D eigenvalue weighted by atomic mass is 19.1. The molecule has 0 radical (unpaired) electrons. The highest BCUT2D eigenvalue weighted by Crippen LogP contribution is 2.21. The zero-order valence-corrected chi connectivity index (χ0v) is 13.0. The molecule has 6 heteroatoms. The van der Waals surface area contributed by atoms with E-state index < -0.39 is 0 Å². The molecular formula is C17H19FN4O. The Morgan fingerprint density at radius 1 is 1.17 bits per heavy atom. The lowest BCUT2D eigenvalue weighted by Gasteiger charge is -2.07. The third-order valence-electron chi connectivity index (χ3n) is 3.48. The zero-order valence-electron chi connectivity index (χ0n) is 13.0. The smallest absolute Gasteiger partial charge is 0.231 e. The quantitative estimate of drug-likeness (QED) is 0.681. The molecule has 3 aromatic rings. The molecule has 0 aliphatic heterocycles. The van der Waals surface area contributed by atoms with E-state index in [1.54, 1.807) is 22.8 Å². The number of hydrogen-bond donors (Lipinski definition) is 1. The number of halogens is 1. The summed E-state index contributed by atoms with van der Waals surface area (Å²) in [4.78, 5) is 4.32. The van der Waals surface area contributed by atoms with E-state index in [1.165, 1.54) is 12.1 Å². The van der Waals surface area contributed by atoms with Crippen LogP contribution in [0.4, 0.5) is 4.39 Å². The fourth-order valence-corrected chi connectivity index (χ4v) is 2.30. The number of benzene rings is 1. The monoisotopic (exact) mass is 314 g/mol. The Labute approximate surface area is 134 Å². The van der Waals surface area contributed by atoms with Crippen LogP contribution in [0.2, 0.25) is 0 Å². The van der Waals surface area contributed by atoms with E-state index in [0.717, 1.165) is 36.4 Å². The molecule has 0 saturated carbocycles. The van der Waals surface area contributed by atoms with Crippen molar-refractivity contribution in [1.29, 1.82) is 0 Å². The van der Waals surface area contributed by atoms with Gasteiger partial charge in [0.15, 0.2) is 5.65 Å². The third kappa shape index (κ3) is 3.65. The molecule has 0 amide bonds. The molecule has 0 aliphatic carbocycles. The van der Waals surface area contributed by atoms with E-state index in [2.05, 4.69) is 22.3 Å². The van der Waals surface area contributed by atoms with Crippen molar-refractivity contribution in [3.05, 3.63) is 48.4 Å². The van der Waals surface area contributed by atoms with Crippen molar-refractivity contribution in [3.8, 4) is 17.1 Å². The normalized spacial score (nSPS) is 11.0. The molecule has 5 nitrogen and oxygen atoms in total. The van der Waals surface area contributed by atoms with Gasteiger partial charge in [0.1, 0.15) is 5.82 Å². The first kappa shape index (κ1) is 15.4. The first-order valence-electron chi connectivity index (χ1n) is 7.72. The molecule has 0 unspecified atom stereocenters. The Bertz CT molecular complexity index is 770. The predicted molar refractivity (Wildman–Crippen MR) is 87.0 cm³/mol. The summed E-state index contributed by atoms with van der Waals surface area (Å²) < 4.78 is 20.5. The van der Waals surface area contributed by atoms with Gasteiger partial charge in [-0.2, -0.15) is 0 Å². The minimum atomic E-state index is -0.264. The summed E-state index contributed by atoms with van der Waals surface area (Å²) in [5.41, 5.74) is 2.39. The van der Waals surface area contributed by atoms with Crippen molar-refractivity contribution in [2.24, 2.45) is 0 Å². The standard InChI is InChI=1S/C17H19FN4O/c1-2-19-10-3-11-23-17-9-8-16-20-12-15(22(16)21-17)13-4-6-14(18)7-5-13/h4-9,12,19H,2-3,10-11H2,1H3. The molecule has 2 heterocycles. The summed E-state index contributed by atoms with van der Waals surface area (Å²) in [7, 11) is 0. The summed E-state index contributed by atoms with van der Waals surface area (Å²) in [6.45, 7) is 4.56. The van der Waals surface area contributed by atoms with Crippen molar-refractivity contribution < 1.29 is 9.13 Å². The van der Waals surface area contributed by atoms with Gasteiger partial charge in [-0.25, -0.2) is 13.9 Å². The Balaban J connectivity index is 1.78. The number of imidazole rings is 1. The Morgan fingerprint density at radius 3 is 2.78 bits per heavy atom. The topological polar surface area (TPSA) is 51.5 Å². The largest absolute Gasteiger partial charge is 0.477 e. The first-order chi connectivity index (χ1) is 11.3. The molecule has 3 rings (SSSR count).